The van der Waals surface area contributed by atoms with E-state index in [-0.39, 0.29) is 24.6 Å². The van der Waals surface area contributed by atoms with E-state index in [0.717, 1.165) is 6.26 Å². The van der Waals surface area contributed by atoms with Crippen LogP contribution in [-0.2, 0) is 19.2 Å². The van der Waals surface area contributed by atoms with Gasteiger partial charge in [-0.3, -0.25) is 9.79 Å². The molecule has 0 aromatic rings. The molecule has 0 aromatic carbocycles. The van der Waals surface area contributed by atoms with Crippen LogP contribution >= 0.6 is 0 Å². The molecule has 0 saturated heterocycles. The monoisotopic (exact) mass is 274 g/mol. The van der Waals surface area contributed by atoms with Gasteiger partial charge in [-0.1, -0.05) is 0 Å². The van der Waals surface area contributed by atoms with E-state index in [2.05, 4.69) is 14.8 Å². The molecule has 1 rings (SSSR count). The minimum absolute atomic E-state index is 0.104. The molecule has 0 aromatic heterocycles. The molecule has 0 radical (unpaired) electrons. The fourth-order valence-corrected chi connectivity index (χ4v) is 1.51. The second kappa shape index (κ2) is 5.89. The van der Waals surface area contributed by atoms with Crippen molar-refractivity contribution in [2.45, 2.75) is 6.92 Å². The van der Waals surface area contributed by atoms with Crippen molar-refractivity contribution in [3.63, 3.8) is 0 Å². The van der Waals surface area contributed by atoms with Gasteiger partial charge in [0.15, 0.2) is 0 Å². The number of carbonyl (C=O) groups excluding carboxylic acids is 1. The summed E-state index contributed by atoms with van der Waals surface area (Å²) < 4.78 is 26.1. The second-order valence-electron chi connectivity index (χ2n) is 3.58. The second-order valence-corrected chi connectivity index (χ2v) is 5.15. The van der Waals surface area contributed by atoms with Crippen LogP contribution in [0.15, 0.2) is 28.4 Å². The Morgan fingerprint density at radius 1 is 1.44 bits per heavy atom. The highest BCUT2D eigenvalue weighted by Gasteiger charge is 2.19. The van der Waals surface area contributed by atoms with Crippen molar-refractivity contribution in [3.8, 4) is 0 Å². The summed E-state index contributed by atoms with van der Waals surface area (Å²) in [5, 5.41) is 8.67. The van der Waals surface area contributed by atoms with Gasteiger partial charge in [0.25, 0.3) is 10.1 Å². The van der Waals surface area contributed by atoms with E-state index < -0.39 is 10.1 Å². The molecule has 0 fully saturated rings. The molecule has 1 aliphatic carbocycles. The van der Waals surface area contributed by atoms with Crippen LogP contribution < -0.4 is 5.48 Å². The van der Waals surface area contributed by atoms with Crippen LogP contribution in [0.25, 0.3) is 0 Å². The maximum Gasteiger partial charge on any atom is 0.284 e. The molecular formula is C10H14N2O5S. The van der Waals surface area contributed by atoms with Crippen molar-refractivity contribution in [1.82, 2.24) is 5.48 Å². The molecule has 100 valence electrons. The quantitative estimate of drug-likeness (QED) is 0.508. The number of hydrogen-bond donors (Lipinski definition) is 2. The van der Waals surface area contributed by atoms with Crippen LogP contribution in [0.2, 0.25) is 0 Å². The van der Waals surface area contributed by atoms with Gasteiger partial charge in [-0.25, -0.2) is 5.48 Å². The van der Waals surface area contributed by atoms with Gasteiger partial charge in [0.2, 0.25) is 5.78 Å². The molecule has 18 heavy (non-hydrogen) atoms. The third-order valence-electron chi connectivity index (χ3n) is 2.07. The first-order valence-corrected chi connectivity index (χ1v) is 6.90. The Hall–Kier alpha value is -1.51. The third kappa shape index (κ3) is 4.06. The van der Waals surface area contributed by atoms with Gasteiger partial charge in [0.05, 0.1) is 25.1 Å². The van der Waals surface area contributed by atoms with Gasteiger partial charge < -0.3 is 5.11 Å². The lowest BCUT2D eigenvalue weighted by atomic mass is 10.0. The standard InChI is InChI=1S/C10H14N2O5S/c1-7-8(12-17-18(2,15)16)3-4-9(14)10(7)11-5-6-13/h3-4,12-13H,5-6H2,1-2H3. The van der Waals surface area contributed by atoms with Crippen molar-refractivity contribution < 1.29 is 22.6 Å². The Balaban J connectivity index is 2.93. The predicted octanol–water partition coefficient (Wildman–Crippen LogP) is -0.687. The zero-order chi connectivity index (χ0) is 13.8. The zero-order valence-electron chi connectivity index (χ0n) is 10.0. The highest BCUT2D eigenvalue weighted by atomic mass is 32.2. The minimum Gasteiger partial charge on any atom is -0.394 e. The van der Waals surface area contributed by atoms with Gasteiger partial charge in [-0.15, -0.1) is 0 Å². The average molecular weight is 274 g/mol. The first kappa shape index (κ1) is 14.6. The molecule has 0 saturated carbocycles. The molecular weight excluding hydrogens is 260 g/mol. The third-order valence-corrected chi connectivity index (χ3v) is 2.45. The number of aliphatic hydroxyl groups excluding tert-OH is 1. The van der Waals surface area contributed by atoms with Crippen LogP contribution in [0.5, 0.6) is 0 Å². The van der Waals surface area contributed by atoms with E-state index in [1.165, 1.54) is 12.2 Å². The van der Waals surface area contributed by atoms with Gasteiger partial charge in [-0.05, 0) is 19.1 Å². The van der Waals surface area contributed by atoms with E-state index in [4.69, 9.17) is 5.11 Å². The Labute approximate surface area is 105 Å². The van der Waals surface area contributed by atoms with Crippen molar-refractivity contribution in [2.75, 3.05) is 19.4 Å². The Morgan fingerprint density at radius 2 is 2.11 bits per heavy atom. The molecule has 0 aliphatic heterocycles. The Kier molecular flexibility index (Phi) is 4.76. The molecule has 8 heteroatoms. The fourth-order valence-electron chi connectivity index (χ4n) is 1.26. The summed E-state index contributed by atoms with van der Waals surface area (Å²) in [6.45, 7) is 1.54. The highest BCUT2D eigenvalue weighted by Crippen LogP contribution is 2.13. The van der Waals surface area contributed by atoms with E-state index in [1.807, 2.05) is 0 Å². The lowest BCUT2D eigenvalue weighted by Gasteiger charge is -2.14. The van der Waals surface area contributed by atoms with Crippen LogP contribution in [-0.4, -0.2) is 44.4 Å². The molecule has 0 unspecified atom stereocenters. The number of allylic oxidation sites excluding steroid dienone is 3. The molecule has 1 aliphatic rings. The number of ketones is 1. The molecule has 7 nitrogen and oxygen atoms in total. The lowest BCUT2D eigenvalue weighted by molar-refractivity contribution is -0.108. The van der Waals surface area contributed by atoms with Crippen molar-refractivity contribution in [1.29, 1.82) is 0 Å². The highest BCUT2D eigenvalue weighted by molar-refractivity contribution is 7.85. The number of hydroxylamine groups is 1. The van der Waals surface area contributed by atoms with Gasteiger partial charge in [0, 0.05) is 5.57 Å². The number of aliphatic hydroxyl groups is 1. The molecule has 0 spiro atoms. The fraction of sp³-hybridized carbons (Fsp3) is 0.400. The molecule has 2 N–H and O–H groups in total. The van der Waals surface area contributed by atoms with E-state index in [1.54, 1.807) is 6.92 Å². The van der Waals surface area contributed by atoms with Crippen LogP contribution in [0.4, 0.5) is 0 Å². The Morgan fingerprint density at radius 3 is 2.67 bits per heavy atom. The summed E-state index contributed by atoms with van der Waals surface area (Å²) in [6.07, 6.45) is 3.55. The lowest BCUT2D eigenvalue weighted by Crippen LogP contribution is -2.26. The molecule has 0 heterocycles. The Bertz CT molecular complexity index is 530. The van der Waals surface area contributed by atoms with Crippen LogP contribution in [0.3, 0.4) is 0 Å². The SMILES string of the molecule is CC1=C(NOS(C)(=O)=O)C=CC(=O)C1=NCCO. The van der Waals surface area contributed by atoms with Crippen molar-refractivity contribution in [3.05, 3.63) is 23.4 Å². The first-order valence-electron chi connectivity index (χ1n) is 5.08. The number of hydrogen-bond acceptors (Lipinski definition) is 7. The smallest absolute Gasteiger partial charge is 0.284 e. The van der Waals surface area contributed by atoms with E-state index >= 15 is 0 Å². The number of nitrogens with zero attached hydrogens (tertiary/aromatic N) is 1. The van der Waals surface area contributed by atoms with Crippen LogP contribution in [0.1, 0.15) is 6.92 Å². The summed E-state index contributed by atoms with van der Waals surface area (Å²) in [7, 11) is -3.64. The summed E-state index contributed by atoms with van der Waals surface area (Å²) in [5.41, 5.74) is 3.21. The maximum absolute atomic E-state index is 11.5. The molecule has 0 amide bonds. The van der Waals surface area contributed by atoms with Gasteiger partial charge in [0.1, 0.15) is 5.71 Å². The van der Waals surface area contributed by atoms with E-state index in [0.29, 0.717) is 11.3 Å². The summed E-state index contributed by atoms with van der Waals surface area (Å²) in [6, 6.07) is 0. The predicted molar refractivity (Wildman–Crippen MR) is 65.3 cm³/mol. The van der Waals surface area contributed by atoms with Crippen LogP contribution in [0, 0.1) is 0 Å². The van der Waals surface area contributed by atoms with Gasteiger partial charge >= 0.3 is 0 Å². The molecule has 0 bridgehead atoms. The number of aliphatic imine (C=N–C) groups is 1. The van der Waals surface area contributed by atoms with Crippen molar-refractivity contribution >= 4 is 21.6 Å². The average Bonchev–Trinajstić information content (AvgIpc) is 2.26. The van der Waals surface area contributed by atoms with Crippen molar-refractivity contribution in [2.24, 2.45) is 4.99 Å². The minimum atomic E-state index is -3.64. The zero-order valence-corrected chi connectivity index (χ0v) is 10.8. The normalized spacial score (nSPS) is 18.6. The molecule has 0 atom stereocenters. The largest absolute Gasteiger partial charge is 0.394 e. The summed E-state index contributed by atoms with van der Waals surface area (Å²) in [5.74, 6) is -0.300. The summed E-state index contributed by atoms with van der Waals surface area (Å²) >= 11 is 0. The van der Waals surface area contributed by atoms with Gasteiger partial charge in [-0.2, -0.15) is 12.7 Å². The topological polar surface area (TPSA) is 105 Å². The number of nitrogens with one attached hydrogen (secondary N) is 1. The number of carbonyl (C=O) groups is 1. The van der Waals surface area contributed by atoms with E-state index in [9.17, 15) is 13.2 Å². The number of rotatable bonds is 5. The summed E-state index contributed by atoms with van der Waals surface area (Å²) in [4.78, 5) is 15.5. The maximum atomic E-state index is 11.5. The first-order chi connectivity index (χ1) is 8.35.